The Morgan fingerprint density at radius 3 is 2.74 bits per heavy atom. The largest absolute Gasteiger partial charge is 0.479 e. The van der Waals surface area contributed by atoms with Crippen LogP contribution in [0.4, 0.5) is 4.39 Å². The van der Waals surface area contributed by atoms with Crippen molar-refractivity contribution in [2.24, 2.45) is 5.92 Å². The van der Waals surface area contributed by atoms with Gasteiger partial charge >= 0.3 is 5.97 Å². The Kier molecular flexibility index (Phi) is 6.29. The van der Waals surface area contributed by atoms with Crippen molar-refractivity contribution in [3.8, 4) is 5.75 Å². The van der Waals surface area contributed by atoms with Gasteiger partial charge in [0.2, 0.25) is 0 Å². The molecule has 106 valence electrons. The average Bonchev–Trinajstić information content (AvgIpc) is 2.37. The van der Waals surface area contributed by atoms with Gasteiger partial charge in [-0.2, -0.15) is 0 Å². The summed E-state index contributed by atoms with van der Waals surface area (Å²) < 4.78 is 23.1. The number of halogens is 1. The standard InChI is InChI=1S/C14H20FNO3/c1-10(2)7-16-8-11-4-5-13(12(15)6-11)19-9-14(17)18-3/h4-6,10,16H,7-9H2,1-3H3. The maximum Gasteiger partial charge on any atom is 0.343 e. The molecule has 1 N–H and O–H groups in total. The molecular weight excluding hydrogens is 249 g/mol. The molecule has 5 heteroatoms. The van der Waals surface area contributed by atoms with Crippen LogP contribution in [0.1, 0.15) is 19.4 Å². The molecule has 0 amide bonds. The molecule has 0 aromatic heterocycles. The summed E-state index contributed by atoms with van der Waals surface area (Å²) in [6, 6.07) is 4.69. The minimum Gasteiger partial charge on any atom is -0.479 e. The van der Waals surface area contributed by atoms with Gasteiger partial charge in [-0.25, -0.2) is 9.18 Å². The van der Waals surface area contributed by atoms with Crippen LogP contribution in [0.5, 0.6) is 5.75 Å². The summed E-state index contributed by atoms with van der Waals surface area (Å²) in [5.41, 5.74) is 0.837. The number of rotatable bonds is 7. The molecule has 0 aliphatic heterocycles. The van der Waals surface area contributed by atoms with Crippen molar-refractivity contribution in [1.29, 1.82) is 0 Å². The molecule has 1 aromatic carbocycles. The van der Waals surface area contributed by atoms with Crippen molar-refractivity contribution >= 4 is 5.97 Å². The van der Waals surface area contributed by atoms with Crippen molar-refractivity contribution in [3.63, 3.8) is 0 Å². The number of esters is 1. The lowest BCUT2D eigenvalue weighted by Crippen LogP contribution is -2.19. The highest BCUT2D eigenvalue weighted by atomic mass is 19.1. The average molecular weight is 269 g/mol. The first kappa shape index (κ1) is 15.4. The number of carbonyl (C=O) groups is 1. The third kappa shape index (κ3) is 5.70. The lowest BCUT2D eigenvalue weighted by Gasteiger charge is -2.09. The first-order valence-corrected chi connectivity index (χ1v) is 6.21. The van der Waals surface area contributed by atoms with Crippen LogP contribution < -0.4 is 10.1 Å². The molecule has 19 heavy (non-hydrogen) atoms. The Labute approximate surface area is 112 Å². The second kappa shape index (κ2) is 7.74. The van der Waals surface area contributed by atoms with Crippen LogP contribution in [0.15, 0.2) is 18.2 Å². The van der Waals surface area contributed by atoms with Crippen LogP contribution in [0, 0.1) is 11.7 Å². The molecule has 0 spiro atoms. The molecule has 0 aliphatic rings. The van der Waals surface area contributed by atoms with E-state index in [-0.39, 0.29) is 12.4 Å². The van der Waals surface area contributed by atoms with Gasteiger partial charge in [-0.05, 0) is 30.2 Å². The summed E-state index contributed by atoms with van der Waals surface area (Å²) in [6.07, 6.45) is 0. The van der Waals surface area contributed by atoms with E-state index >= 15 is 0 Å². The van der Waals surface area contributed by atoms with Crippen LogP contribution in [0.2, 0.25) is 0 Å². The molecule has 1 aromatic rings. The zero-order valence-electron chi connectivity index (χ0n) is 11.5. The monoisotopic (exact) mass is 269 g/mol. The molecule has 0 unspecified atom stereocenters. The molecule has 0 saturated heterocycles. The summed E-state index contributed by atoms with van der Waals surface area (Å²) in [5.74, 6) is -0.416. The minimum atomic E-state index is -0.540. The van der Waals surface area contributed by atoms with E-state index in [1.807, 2.05) is 0 Å². The lowest BCUT2D eigenvalue weighted by molar-refractivity contribution is -0.142. The second-order valence-electron chi connectivity index (χ2n) is 4.65. The van der Waals surface area contributed by atoms with Gasteiger partial charge in [-0.1, -0.05) is 19.9 Å². The van der Waals surface area contributed by atoms with Crippen LogP contribution in [0.25, 0.3) is 0 Å². The van der Waals surface area contributed by atoms with E-state index < -0.39 is 11.8 Å². The van der Waals surface area contributed by atoms with Crippen LogP contribution in [-0.4, -0.2) is 26.2 Å². The van der Waals surface area contributed by atoms with E-state index in [1.54, 1.807) is 6.07 Å². The smallest absolute Gasteiger partial charge is 0.343 e. The summed E-state index contributed by atoms with van der Waals surface area (Å²) in [7, 11) is 1.26. The highest BCUT2D eigenvalue weighted by molar-refractivity contribution is 5.70. The van der Waals surface area contributed by atoms with E-state index in [9.17, 15) is 9.18 Å². The highest BCUT2D eigenvalue weighted by Gasteiger charge is 2.07. The first-order chi connectivity index (χ1) is 9.02. The summed E-state index contributed by atoms with van der Waals surface area (Å²) >= 11 is 0. The summed E-state index contributed by atoms with van der Waals surface area (Å²) in [5, 5.41) is 3.23. The zero-order valence-corrected chi connectivity index (χ0v) is 11.5. The van der Waals surface area contributed by atoms with E-state index in [4.69, 9.17) is 4.74 Å². The fourth-order valence-electron chi connectivity index (χ4n) is 1.47. The van der Waals surface area contributed by atoms with Crippen LogP contribution >= 0.6 is 0 Å². The van der Waals surface area contributed by atoms with Gasteiger partial charge in [-0.3, -0.25) is 0 Å². The Hall–Kier alpha value is -1.62. The van der Waals surface area contributed by atoms with E-state index in [0.717, 1.165) is 12.1 Å². The number of hydrogen-bond donors (Lipinski definition) is 1. The first-order valence-electron chi connectivity index (χ1n) is 6.21. The van der Waals surface area contributed by atoms with Gasteiger partial charge in [0, 0.05) is 6.54 Å². The Bertz CT molecular complexity index is 421. The Balaban J connectivity index is 2.51. The van der Waals surface area contributed by atoms with Gasteiger partial charge in [-0.15, -0.1) is 0 Å². The van der Waals surface area contributed by atoms with Gasteiger partial charge in [0.1, 0.15) is 0 Å². The summed E-state index contributed by atoms with van der Waals surface area (Å²) in [4.78, 5) is 10.9. The number of carbonyl (C=O) groups excluding carboxylic acids is 1. The number of ether oxygens (including phenoxy) is 2. The third-order valence-electron chi connectivity index (χ3n) is 2.45. The maximum absolute atomic E-state index is 13.7. The van der Waals surface area contributed by atoms with Gasteiger partial charge in [0.05, 0.1) is 7.11 Å². The van der Waals surface area contributed by atoms with E-state index in [1.165, 1.54) is 19.2 Å². The Morgan fingerprint density at radius 2 is 2.16 bits per heavy atom. The molecule has 0 fully saturated rings. The fourth-order valence-corrected chi connectivity index (χ4v) is 1.47. The molecule has 0 aliphatic carbocycles. The lowest BCUT2D eigenvalue weighted by atomic mass is 10.2. The van der Waals surface area contributed by atoms with E-state index in [0.29, 0.717) is 12.5 Å². The molecule has 0 bridgehead atoms. The molecule has 0 atom stereocenters. The second-order valence-corrected chi connectivity index (χ2v) is 4.65. The predicted octanol–water partition coefficient (Wildman–Crippen LogP) is 2.12. The van der Waals surface area contributed by atoms with Crippen molar-refractivity contribution in [2.75, 3.05) is 20.3 Å². The van der Waals surface area contributed by atoms with Crippen LogP contribution in [-0.2, 0) is 16.1 Å². The predicted molar refractivity (Wildman–Crippen MR) is 70.5 cm³/mol. The van der Waals surface area contributed by atoms with E-state index in [2.05, 4.69) is 23.9 Å². The van der Waals surface area contributed by atoms with Gasteiger partial charge < -0.3 is 14.8 Å². The van der Waals surface area contributed by atoms with Crippen molar-refractivity contribution in [2.45, 2.75) is 20.4 Å². The molecular formula is C14H20FNO3. The van der Waals surface area contributed by atoms with Crippen molar-refractivity contribution in [3.05, 3.63) is 29.6 Å². The minimum absolute atomic E-state index is 0.0537. The number of hydrogen-bond acceptors (Lipinski definition) is 4. The van der Waals surface area contributed by atoms with Crippen molar-refractivity contribution in [1.82, 2.24) is 5.32 Å². The molecule has 4 nitrogen and oxygen atoms in total. The molecule has 0 heterocycles. The van der Waals surface area contributed by atoms with Crippen molar-refractivity contribution < 1.29 is 18.7 Å². The number of nitrogens with one attached hydrogen (secondary N) is 1. The molecule has 0 saturated carbocycles. The van der Waals surface area contributed by atoms with Gasteiger partial charge in [0.15, 0.2) is 18.2 Å². The topological polar surface area (TPSA) is 47.6 Å². The number of benzene rings is 1. The third-order valence-corrected chi connectivity index (χ3v) is 2.45. The fraction of sp³-hybridized carbons (Fsp3) is 0.500. The summed E-state index contributed by atoms with van der Waals surface area (Å²) in [6.45, 7) is 5.40. The quantitative estimate of drug-likeness (QED) is 0.770. The normalized spacial score (nSPS) is 10.6. The SMILES string of the molecule is COC(=O)COc1ccc(CNCC(C)C)cc1F. The molecule has 0 radical (unpaired) electrons. The zero-order chi connectivity index (χ0) is 14.3. The molecule has 1 rings (SSSR count). The van der Waals surface area contributed by atoms with Gasteiger partial charge in [0.25, 0.3) is 0 Å². The number of methoxy groups -OCH3 is 1. The maximum atomic E-state index is 13.7. The van der Waals surface area contributed by atoms with Crippen LogP contribution in [0.3, 0.4) is 0 Å². The highest BCUT2D eigenvalue weighted by Crippen LogP contribution is 2.18. The Morgan fingerprint density at radius 1 is 1.42 bits per heavy atom.